The molecule has 1 aliphatic heterocycles. The van der Waals surface area contributed by atoms with Crippen LogP contribution in [0.25, 0.3) is 0 Å². The summed E-state index contributed by atoms with van der Waals surface area (Å²) in [5, 5.41) is 3.57. The maximum absolute atomic E-state index is 13.3. The van der Waals surface area contributed by atoms with Gasteiger partial charge in [-0.3, -0.25) is 9.59 Å². The molecule has 0 unspecified atom stereocenters. The van der Waals surface area contributed by atoms with E-state index in [1.54, 1.807) is 30.3 Å². The number of carbonyl (C=O) groups is 2. The average Bonchev–Trinajstić information content (AvgIpc) is 2.77. The number of nitrogens with zero attached hydrogens (tertiary/aromatic N) is 1. The minimum atomic E-state index is -0.848. The van der Waals surface area contributed by atoms with E-state index >= 15 is 0 Å². The van der Waals surface area contributed by atoms with Gasteiger partial charge in [0, 0.05) is 11.6 Å². The summed E-state index contributed by atoms with van der Waals surface area (Å²) in [6, 6.07) is 21.4. The summed E-state index contributed by atoms with van der Waals surface area (Å²) >= 11 is 12.2. The van der Waals surface area contributed by atoms with Crippen LogP contribution in [0.4, 0.5) is 5.69 Å². The van der Waals surface area contributed by atoms with Crippen LogP contribution in [-0.2, 0) is 11.3 Å². The van der Waals surface area contributed by atoms with Gasteiger partial charge in [0.1, 0.15) is 5.75 Å². The van der Waals surface area contributed by atoms with E-state index < -0.39 is 6.10 Å². The van der Waals surface area contributed by atoms with Crippen LogP contribution in [0.15, 0.2) is 72.8 Å². The number of amides is 2. The van der Waals surface area contributed by atoms with Gasteiger partial charge < -0.3 is 15.0 Å². The lowest BCUT2D eigenvalue weighted by molar-refractivity contribution is -0.127. The van der Waals surface area contributed by atoms with E-state index in [1.807, 2.05) is 36.4 Å². The fourth-order valence-electron chi connectivity index (χ4n) is 3.27. The first-order chi connectivity index (χ1) is 14.5. The number of ether oxygens (including phenoxy) is 1. The summed E-state index contributed by atoms with van der Waals surface area (Å²) in [7, 11) is 0. The highest BCUT2D eigenvalue weighted by Crippen LogP contribution is 2.35. The maximum Gasteiger partial charge on any atom is 0.263 e. The van der Waals surface area contributed by atoms with Crippen LogP contribution in [0, 0.1) is 0 Å². The lowest BCUT2D eigenvalue weighted by Crippen LogP contribution is -2.50. The van der Waals surface area contributed by atoms with Crippen LogP contribution in [0.5, 0.6) is 5.75 Å². The predicted molar refractivity (Wildman–Crippen MR) is 117 cm³/mol. The van der Waals surface area contributed by atoms with Crippen LogP contribution >= 0.6 is 23.2 Å². The van der Waals surface area contributed by atoms with Crippen molar-refractivity contribution in [3.63, 3.8) is 0 Å². The Morgan fingerprint density at radius 2 is 1.73 bits per heavy atom. The molecule has 1 heterocycles. The number of carbonyl (C=O) groups excluding carboxylic acids is 2. The molecule has 3 aromatic carbocycles. The SMILES string of the molecule is O=C(NCc1ccccc1)[C@H]1CN(C(=O)c2ccc(Cl)cc2Cl)c2ccccc2O1. The summed E-state index contributed by atoms with van der Waals surface area (Å²) in [4.78, 5) is 27.5. The van der Waals surface area contributed by atoms with Crippen molar-refractivity contribution in [3.8, 4) is 5.75 Å². The van der Waals surface area contributed by atoms with E-state index in [0.717, 1.165) is 5.56 Å². The number of halogens is 2. The smallest absolute Gasteiger partial charge is 0.263 e. The minimum absolute atomic E-state index is 0.0649. The number of fused-ring (bicyclic) bond motifs is 1. The Morgan fingerprint density at radius 1 is 1.00 bits per heavy atom. The van der Waals surface area contributed by atoms with Gasteiger partial charge in [-0.15, -0.1) is 0 Å². The Balaban J connectivity index is 1.57. The topological polar surface area (TPSA) is 58.6 Å². The molecule has 0 saturated carbocycles. The van der Waals surface area contributed by atoms with Crippen molar-refractivity contribution in [1.82, 2.24) is 5.32 Å². The van der Waals surface area contributed by atoms with Crippen LogP contribution < -0.4 is 15.0 Å². The lowest BCUT2D eigenvalue weighted by Gasteiger charge is -2.34. The first-order valence-electron chi connectivity index (χ1n) is 9.37. The normalized spacial score (nSPS) is 15.1. The predicted octanol–water partition coefficient (Wildman–Crippen LogP) is 4.72. The summed E-state index contributed by atoms with van der Waals surface area (Å²) < 4.78 is 5.89. The van der Waals surface area contributed by atoms with Gasteiger partial charge in [0.05, 0.1) is 22.8 Å². The molecule has 0 bridgehead atoms. The number of rotatable bonds is 4. The van der Waals surface area contributed by atoms with Gasteiger partial charge in [-0.05, 0) is 35.9 Å². The Labute approximate surface area is 184 Å². The quantitative estimate of drug-likeness (QED) is 0.638. The third-order valence-corrected chi connectivity index (χ3v) is 5.33. The highest BCUT2D eigenvalue weighted by atomic mass is 35.5. The fraction of sp³-hybridized carbons (Fsp3) is 0.130. The second-order valence-corrected chi connectivity index (χ2v) is 7.66. The van der Waals surface area contributed by atoms with Gasteiger partial charge >= 0.3 is 0 Å². The molecule has 4 rings (SSSR count). The van der Waals surface area contributed by atoms with E-state index in [9.17, 15) is 9.59 Å². The van der Waals surface area contributed by atoms with Gasteiger partial charge in [0.2, 0.25) is 0 Å². The zero-order valence-corrected chi connectivity index (χ0v) is 17.4. The molecule has 1 aliphatic rings. The number of anilines is 1. The summed E-state index contributed by atoms with van der Waals surface area (Å²) in [5.41, 5.74) is 1.87. The summed E-state index contributed by atoms with van der Waals surface area (Å²) in [5.74, 6) is -0.163. The third-order valence-electron chi connectivity index (χ3n) is 4.78. The average molecular weight is 441 g/mol. The zero-order valence-electron chi connectivity index (χ0n) is 15.8. The molecule has 1 N–H and O–H groups in total. The molecular formula is C23H18Cl2N2O3. The Hall–Kier alpha value is -3.02. The molecule has 1 atom stereocenters. The maximum atomic E-state index is 13.3. The first-order valence-corrected chi connectivity index (χ1v) is 10.1. The number of para-hydroxylation sites is 2. The molecule has 0 fully saturated rings. The Kier molecular flexibility index (Phi) is 5.93. The van der Waals surface area contributed by atoms with Gasteiger partial charge in [-0.25, -0.2) is 0 Å². The van der Waals surface area contributed by atoms with Crippen molar-refractivity contribution in [3.05, 3.63) is 94.0 Å². The first kappa shape index (κ1) is 20.3. The van der Waals surface area contributed by atoms with E-state index in [4.69, 9.17) is 27.9 Å². The lowest BCUT2D eigenvalue weighted by atomic mass is 10.1. The van der Waals surface area contributed by atoms with Crippen LogP contribution in [-0.4, -0.2) is 24.5 Å². The van der Waals surface area contributed by atoms with Gasteiger partial charge in [-0.2, -0.15) is 0 Å². The van der Waals surface area contributed by atoms with Gasteiger partial charge in [0.15, 0.2) is 6.10 Å². The minimum Gasteiger partial charge on any atom is -0.477 e. The second-order valence-electron chi connectivity index (χ2n) is 6.82. The van der Waals surface area contributed by atoms with E-state index in [2.05, 4.69) is 5.32 Å². The monoisotopic (exact) mass is 440 g/mol. The molecule has 2 amide bonds. The number of hydrogen-bond donors (Lipinski definition) is 1. The van der Waals surface area contributed by atoms with Crippen molar-refractivity contribution in [1.29, 1.82) is 0 Å². The van der Waals surface area contributed by atoms with Crippen LogP contribution in [0.3, 0.4) is 0 Å². The zero-order chi connectivity index (χ0) is 21.1. The molecule has 152 valence electrons. The van der Waals surface area contributed by atoms with Crippen molar-refractivity contribution >= 4 is 40.7 Å². The van der Waals surface area contributed by atoms with E-state index in [-0.39, 0.29) is 23.4 Å². The molecule has 0 aliphatic carbocycles. The Morgan fingerprint density at radius 3 is 2.50 bits per heavy atom. The molecule has 30 heavy (non-hydrogen) atoms. The van der Waals surface area contributed by atoms with Gasteiger partial charge in [0.25, 0.3) is 11.8 Å². The van der Waals surface area contributed by atoms with Crippen LogP contribution in [0.2, 0.25) is 10.0 Å². The number of benzene rings is 3. The molecule has 0 spiro atoms. The third kappa shape index (κ3) is 4.27. The van der Waals surface area contributed by atoms with Crippen LogP contribution in [0.1, 0.15) is 15.9 Å². The van der Waals surface area contributed by atoms with Gasteiger partial charge in [-0.1, -0.05) is 65.7 Å². The molecular weight excluding hydrogens is 423 g/mol. The molecule has 0 saturated heterocycles. The van der Waals surface area contributed by atoms with Crippen molar-refractivity contribution in [2.45, 2.75) is 12.6 Å². The van der Waals surface area contributed by atoms with Crippen molar-refractivity contribution < 1.29 is 14.3 Å². The molecule has 7 heteroatoms. The van der Waals surface area contributed by atoms with E-state index in [0.29, 0.717) is 28.6 Å². The number of hydrogen-bond acceptors (Lipinski definition) is 3. The Bertz CT molecular complexity index is 1090. The van der Waals surface area contributed by atoms with Crippen molar-refractivity contribution in [2.75, 3.05) is 11.4 Å². The standard InChI is InChI=1S/C23H18Cl2N2O3/c24-16-10-11-17(18(25)12-16)23(29)27-14-21(30-20-9-5-4-8-19(20)27)22(28)26-13-15-6-2-1-3-7-15/h1-12,21H,13-14H2,(H,26,28)/t21-/m1/s1. The van der Waals surface area contributed by atoms with Crippen molar-refractivity contribution in [2.24, 2.45) is 0 Å². The summed E-state index contributed by atoms with van der Waals surface area (Å²) in [6.07, 6.45) is -0.848. The molecule has 5 nitrogen and oxygen atoms in total. The molecule has 0 aromatic heterocycles. The summed E-state index contributed by atoms with van der Waals surface area (Å²) in [6.45, 7) is 0.438. The highest BCUT2D eigenvalue weighted by Gasteiger charge is 2.34. The molecule has 0 radical (unpaired) electrons. The fourth-order valence-corrected chi connectivity index (χ4v) is 3.76. The number of nitrogens with one attached hydrogen (secondary N) is 1. The van der Waals surface area contributed by atoms with E-state index in [1.165, 1.54) is 11.0 Å². The molecule has 3 aromatic rings. The highest BCUT2D eigenvalue weighted by molar-refractivity contribution is 6.37. The second kappa shape index (κ2) is 8.78. The largest absolute Gasteiger partial charge is 0.477 e.